The third-order valence-corrected chi connectivity index (χ3v) is 4.05. The minimum Gasteiger partial charge on any atom is -0.354 e. The first-order valence-electron chi connectivity index (χ1n) is 6.90. The number of nitrogens with one attached hydrogen (secondary N) is 1. The standard InChI is InChI=1S/C13H25N3O/c1-13(14,11-5-6-11)12(17)15-7-4-10-16-8-2-3-9-16/h11H,2-10,14H2,1H3,(H,15,17). The van der Waals surface area contributed by atoms with Gasteiger partial charge in [0, 0.05) is 6.54 Å². The van der Waals surface area contributed by atoms with E-state index >= 15 is 0 Å². The minimum absolute atomic E-state index is 0.0291. The quantitative estimate of drug-likeness (QED) is 0.671. The van der Waals surface area contributed by atoms with E-state index in [-0.39, 0.29) is 5.91 Å². The van der Waals surface area contributed by atoms with Crippen LogP contribution in [-0.2, 0) is 4.79 Å². The zero-order valence-corrected chi connectivity index (χ0v) is 10.9. The molecule has 3 N–H and O–H groups in total. The summed E-state index contributed by atoms with van der Waals surface area (Å²) in [4.78, 5) is 14.4. The highest BCUT2D eigenvalue weighted by Gasteiger charge is 2.43. The van der Waals surface area contributed by atoms with E-state index in [2.05, 4.69) is 10.2 Å². The van der Waals surface area contributed by atoms with Gasteiger partial charge in [-0.05, 0) is 64.6 Å². The van der Waals surface area contributed by atoms with E-state index in [0.29, 0.717) is 5.92 Å². The molecular formula is C13H25N3O. The number of hydrogen-bond donors (Lipinski definition) is 2. The smallest absolute Gasteiger partial charge is 0.240 e. The first kappa shape index (κ1) is 12.8. The number of nitrogens with two attached hydrogens (primary N) is 1. The van der Waals surface area contributed by atoms with Crippen LogP contribution in [0.2, 0.25) is 0 Å². The Hall–Kier alpha value is -0.610. The molecule has 4 heteroatoms. The zero-order chi connectivity index (χ0) is 12.3. The molecule has 0 aromatic rings. The highest BCUT2D eigenvalue weighted by molar-refractivity contribution is 5.86. The van der Waals surface area contributed by atoms with Gasteiger partial charge in [-0.1, -0.05) is 0 Å². The number of hydrogen-bond acceptors (Lipinski definition) is 3. The number of amides is 1. The molecule has 1 aliphatic heterocycles. The van der Waals surface area contributed by atoms with Gasteiger partial charge in [-0.15, -0.1) is 0 Å². The molecule has 1 saturated carbocycles. The molecule has 2 aliphatic rings. The summed E-state index contributed by atoms with van der Waals surface area (Å²) < 4.78 is 0. The molecule has 1 amide bonds. The van der Waals surface area contributed by atoms with Crippen molar-refractivity contribution in [3.05, 3.63) is 0 Å². The Balaban J connectivity index is 1.59. The summed E-state index contributed by atoms with van der Waals surface area (Å²) in [6.45, 7) is 6.18. The van der Waals surface area contributed by atoms with E-state index in [1.165, 1.54) is 25.9 Å². The van der Waals surface area contributed by atoms with E-state index in [1.54, 1.807) is 0 Å². The summed E-state index contributed by atoms with van der Waals surface area (Å²) in [5.41, 5.74) is 5.40. The summed E-state index contributed by atoms with van der Waals surface area (Å²) in [5, 5.41) is 2.98. The predicted molar refractivity (Wildman–Crippen MR) is 68.6 cm³/mol. The Labute approximate surface area is 104 Å². The van der Waals surface area contributed by atoms with Crippen molar-refractivity contribution in [1.82, 2.24) is 10.2 Å². The second-order valence-electron chi connectivity index (χ2n) is 5.72. The van der Waals surface area contributed by atoms with Crippen LogP contribution in [0.25, 0.3) is 0 Å². The van der Waals surface area contributed by atoms with Gasteiger partial charge in [0.2, 0.25) is 5.91 Å². The van der Waals surface area contributed by atoms with Crippen molar-refractivity contribution in [3.63, 3.8) is 0 Å². The normalized spacial score (nSPS) is 24.6. The molecule has 1 unspecified atom stereocenters. The third kappa shape index (κ3) is 3.42. The van der Waals surface area contributed by atoms with Crippen molar-refractivity contribution in [2.45, 2.75) is 44.6 Å². The van der Waals surface area contributed by atoms with Crippen LogP contribution in [0.3, 0.4) is 0 Å². The van der Waals surface area contributed by atoms with E-state index in [4.69, 9.17) is 5.73 Å². The molecule has 0 spiro atoms. The summed E-state index contributed by atoms with van der Waals surface area (Å²) in [5.74, 6) is 0.433. The third-order valence-electron chi connectivity index (χ3n) is 4.05. The Morgan fingerprint density at radius 2 is 2.06 bits per heavy atom. The van der Waals surface area contributed by atoms with E-state index in [1.807, 2.05) is 6.92 Å². The van der Waals surface area contributed by atoms with Crippen LogP contribution in [0.5, 0.6) is 0 Å². The van der Waals surface area contributed by atoms with Crippen molar-refractivity contribution >= 4 is 5.91 Å². The van der Waals surface area contributed by atoms with Gasteiger partial charge in [-0.2, -0.15) is 0 Å². The number of rotatable bonds is 6. The van der Waals surface area contributed by atoms with Gasteiger partial charge in [0.25, 0.3) is 0 Å². The molecule has 0 aromatic heterocycles. The molecule has 1 saturated heterocycles. The van der Waals surface area contributed by atoms with Crippen molar-refractivity contribution in [1.29, 1.82) is 0 Å². The largest absolute Gasteiger partial charge is 0.354 e. The number of nitrogens with zero attached hydrogens (tertiary/aromatic N) is 1. The maximum absolute atomic E-state index is 11.9. The van der Waals surface area contributed by atoms with Crippen molar-refractivity contribution in [2.75, 3.05) is 26.2 Å². The number of likely N-dealkylation sites (tertiary alicyclic amines) is 1. The number of carbonyl (C=O) groups excluding carboxylic acids is 1. The monoisotopic (exact) mass is 239 g/mol. The maximum atomic E-state index is 11.9. The van der Waals surface area contributed by atoms with Crippen molar-refractivity contribution in [3.8, 4) is 0 Å². The van der Waals surface area contributed by atoms with Crippen LogP contribution in [0.15, 0.2) is 0 Å². The Morgan fingerprint density at radius 3 is 2.65 bits per heavy atom. The van der Waals surface area contributed by atoms with E-state index in [9.17, 15) is 4.79 Å². The zero-order valence-electron chi connectivity index (χ0n) is 10.9. The summed E-state index contributed by atoms with van der Waals surface area (Å²) >= 11 is 0. The van der Waals surface area contributed by atoms with Crippen molar-refractivity contribution in [2.24, 2.45) is 11.7 Å². The Kier molecular flexibility index (Phi) is 4.05. The Bertz CT molecular complexity index is 268. The molecule has 1 atom stereocenters. The SMILES string of the molecule is CC(N)(C(=O)NCCCN1CCCC1)C1CC1. The molecule has 17 heavy (non-hydrogen) atoms. The predicted octanol–water partition coefficient (Wildman–Crippen LogP) is 0.716. The lowest BCUT2D eigenvalue weighted by Crippen LogP contribution is -2.53. The Morgan fingerprint density at radius 1 is 1.41 bits per heavy atom. The topological polar surface area (TPSA) is 58.4 Å². The molecular weight excluding hydrogens is 214 g/mol. The average molecular weight is 239 g/mol. The summed E-state index contributed by atoms with van der Waals surface area (Å²) in [7, 11) is 0. The molecule has 0 radical (unpaired) electrons. The van der Waals surface area contributed by atoms with Gasteiger partial charge in [0.05, 0.1) is 5.54 Å². The molecule has 0 bridgehead atoms. The second-order valence-corrected chi connectivity index (χ2v) is 5.72. The molecule has 0 aromatic carbocycles. The molecule has 1 aliphatic carbocycles. The lowest BCUT2D eigenvalue weighted by Gasteiger charge is -2.23. The number of carbonyl (C=O) groups is 1. The average Bonchev–Trinajstić information content (AvgIpc) is 3.04. The van der Waals surface area contributed by atoms with Gasteiger partial charge < -0.3 is 16.0 Å². The highest BCUT2D eigenvalue weighted by Crippen LogP contribution is 2.38. The van der Waals surface area contributed by atoms with Crippen LogP contribution in [-0.4, -0.2) is 42.5 Å². The molecule has 2 rings (SSSR count). The highest BCUT2D eigenvalue weighted by atomic mass is 16.2. The molecule has 98 valence electrons. The maximum Gasteiger partial charge on any atom is 0.240 e. The van der Waals surface area contributed by atoms with Gasteiger partial charge in [0.15, 0.2) is 0 Å². The van der Waals surface area contributed by atoms with Gasteiger partial charge in [-0.3, -0.25) is 4.79 Å². The van der Waals surface area contributed by atoms with Crippen molar-refractivity contribution < 1.29 is 4.79 Å². The second kappa shape index (κ2) is 5.36. The first-order valence-corrected chi connectivity index (χ1v) is 6.90. The van der Waals surface area contributed by atoms with Crippen LogP contribution < -0.4 is 11.1 Å². The first-order chi connectivity index (χ1) is 8.10. The lowest BCUT2D eigenvalue weighted by molar-refractivity contribution is -0.126. The van der Waals surface area contributed by atoms with Crippen LogP contribution in [0.1, 0.15) is 39.0 Å². The minimum atomic E-state index is -0.645. The van der Waals surface area contributed by atoms with E-state index in [0.717, 1.165) is 32.4 Å². The fourth-order valence-electron chi connectivity index (χ4n) is 2.57. The fraction of sp³-hybridized carbons (Fsp3) is 0.923. The van der Waals surface area contributed by atoms with Crippen LogP contribution >= 0.6 is 0 Å². The lowest BCUT2D eigenvalue weighted by atomic mass is 9.96. The molecule has 2 fully saturated rings. The van der Waals surface area contributed by atoms with Gasteiger partial charge >= 0.3 is 0 Å². The molecule has 4 nitrogen and oxygen atoms in total. The van der Waals surface area contributed by atoms with Crippen LogP contribution in [0.4, 0.5) is 0 Å². The van der Waals surface area contributed by atoms with E-state index < -0.39 is 5.54 Å². The van der Waals surface area contributed by atoms with Crippen LogP contribution in [0, 0.1) is 5.92 Å². The summed E-state index contributed by atoms with van der Waals surface area (Å²) in [6.07, 6.45) is 5.90. The summed E-state index contributed by atoms with van der Waals surface area (Å²) in [6, 6.07) is 0. The molecule has 1 heterocycles. The van der Waals surface area contributed by atoms with Gasteiger partial charge in [0.1, 0.15) is 0 Å². The van der Waals surface area contributed by atoms with Gasteiger partial charge in [-0.25, -0.2) is 0 Å². The fourth-order valence-corrected chi connectivity index (χ4v) is 2.57.